The largest absolute Gasteiger partial charge is 0.493 e. The molecule has 1 heterocycles. The van der Waals surface area contributed by atoms with E-state index >= 15 is 0 Å². The molecule has 2 atom stereocenters. The lowest BCUT2D eigenvalue weighted by atomic mass is 9.96. The van der Waals surface area contributed by atoms with Crippen LogP contribution in [0.25, 0.3) is 0 Å². The van der Waals surface area contributed by atoms with Crippen molar-refractivity contribution in [1.29, 1.82) is 0 Å². The average Bonchev–Trinajstić information content (AvgIpc) is 2.77. The summed E-state index contributed by atoms with van der Waals surface area (Å²) in [5.74, 6) is 0.0850. The SMILES string of the molecule is CCOc1cccc(N)c1C(=O)NCC1(O)CCOC1C. The van der Waals surface area contributed by atoms with Gasteiger partial charge in [0.25, 0.3) is 5.91 Å². The van der Waals surface area contributed by atoms with Crippen molar-refractivity contribution in [3.05, 3.63) is 23.8 Å². The maximum Gasteiger partial charge on any atom is 0.257 e. The third kappa shape index (κ3) is 3.28. The van der Waals surface area contributed by atoms with Gasteiger partial charge in [0, 0.05) is 25.3 Å². The molecule has 21 heavy (non-hydrogen) atoms. The molecular formula is C15H22N2O4. The van der Waals surface area contributed by atoms with Crippen molar-refractivity contribution < 1.29 is 19.4 Å². The Balaban J connectivity index is 2.10. The van der Waals surface area contributed by atoms with Gasteiger partial charge in [-0.1, -0.05) is 6.07 Å². The summed E-state index contributed by atoms with van der Waals surface area (Å²) in [4.78, 5) is 12.3. The number of amides is 1. The number of hydrogen-bond donors (Lipinski definition) is 3. The van der Waals surface area contributed by atoms with Crippen molar-refractivity contribution in [3.63, 3.8) is 0 Å². The second kappa shape index (κ2) is 6.32. The standard InChI is InChI=1S/C15H22N2O4/c1-3-20-12-6-4-5-11(16)13(12)14(18)17-9-15(19)7-8-21-10(15)2/h4-6,10,19H,3,7-9,16H2,1-2H3,(H,17,18). The summed E-state index contributed by atoms with van der Waals surface area (Å²) in [6.45, 7) is 4.68. The first-order valence-corrected chi connectivity index (χ1v) is 7.11. The Morgan fingerprint density at radius 1 is 1.62 bits per heavy atom. The maximum atomic E-state index is 12.3. The monoisotopic (exact) mass is 294 g/mol. The molecule has 0 aliphatic carbocycles. The van der Waals surface area contributed by atoms with E-state index in [2.05, 4.69) is 5.32 Å². The lowest BCUT2D eigenvalue weighted by Gasteiger charge is -2.26. The van der Waals surface area contributed by atoms with Crippen LogP contribution in [0.5, 0.6) is 5.75 Å². The van der Waals surface area contributed by atoms with Crippen LogP contribution < -0.4 is 15.8 Å². The molecule has 2 unspecified atom stereocenters. The Morgan fingerprint density at radius 3 is 3.00 bits per heavy atom. The molecule has 0 saturated carbocycles. The number of nitrogens with two attached hydrogens (primary N) is 1. The van der Waals surface area contributed by atoms with E-state index in [0.29, 0.717) is 36.6 Å². The van der Waals surface area contributed by atoms with E-state index in [4.69, 9.17) is 15.2 Å². The van der Waals surface area contributed by atoms with Gasteiger partial charge >= 0.3 is 0 Å². The molecule has 1 saturated heterocycles. The van der Waals surface area contributed by atoms with Crippen molar-refractivity contribution in [3.8, 4) is 5.75 Å². The molecule has 1 aromatic rings. The molecule has 1 aliphatic heterocycles. The molecule has 116 valence electrons. The summed E-state index contributed by atoms with van der Waals surface area (Å²) < 4.78 is 10.8. The lowest BCUT2D eigenvalue weighted by molar-refractivity contribution is -0.0251. The highest BCUT2D eigenvalue weighted by molar-refractivity contribution is 6.01. The predicted molar refractivity (Wildman–Crippen MR) is 79.3 cm³/mol. The zero-order chi connectivity index (χ0) is 15.5. The second-order valence-corrected chi connectivity index (χ2v) is 5.20. The summed E-state index contributed by atoms with van der Waals surface area (Å²) in [6, 6.07) is 5.08. The Hall–Kier alpha value is -1.79. The van der Waals surface area contributed by atoms with Crippen molar-refractivity contribution in [2.75, 3.05) is 25.5 Å². The molecule has 2 rings (SSSR count). The Bertz CT molecular complexity index is 520. The van der Waals surface area contributed by atoms with Gasteiger partial charge in [0.2, 0.25) is 0 Å². The summed E-state index contributed by atoms with van der Waals surface area (Å²) in [5.41, 5.74) is 5.48. The number of carbonyl (C=O) groups excluding carboxylic acids is 1. The molecule has 1 aromatic carbocycles. The first-order chi connectivity index (χ1) is 9.98. The average molecular weight is 294 g/mol. The van der Waals surface area contributed by atoms with E-state index in [-0.39, 0.29) is 18.6 Å². The Kier molecular flexibility index (Phi) is 4.69. The first kappa shape index (κ1) is 15.6. The summed E-state index contributed by atoms with van der Waals surface area (Å²) in [7, 11) is 0. The van der Waals surface area contributed by atoms with E-state index in [9.17, 15) is 9.90 Å². The molecule has 4 N–H and O–H groups in total. The van der Waals surface area contributed by atoms with Gasteiger partial charge in [-0.25, -0.2) is 0 Å². The number of anilines is 1. The van der Waals surface area contributed by atoms with E-state index in [1.165, 1.54) is 0 Å². The van der Waals surface area contributed by atoms with Crippen LogP contribution in [0.15, 0.2) is 18.2 Å². The zero-order valence-electron chi connectivity index (χ0n) is 12.4. The quantitative estimate of drug-likeness (QED) is 0.703. The number of nitrogens with one attached hydrogen (secondary N) is 1. The molecule has 1 fully saturated rings. The molecule has 0 bridgehead atoms. The van der Waals surface area contributed by atoms with Crippen molar-refractivity contribution in [2.24, 2.45) is 0 Å². The second-order valence-electron chi connectivity index (χ2n) is 5.20. The predicted octanol–water partition coefficient (Wildman–Crippen LogP) is 0.937. The third-order valence-corrected chi connectivity index (χ3v) is 3.80. The van der Waals surface area contributed by atoms with E-state index < -0.39 is 5.60 Å². The fraction of sp³-hybridized carbons (Fsp3) is 0.533. The van der Waals surface area contributed by atoms with Crippen molar-refractivity contribution in [1.82, 2.24) is 5.32 Å². The van der Waals surface area contributed by atoms with Crippen molar-refractivity contribution in [2.45, 2.75) is 32.0 Å². The minimum absolute atomic E-state index is 0.118. The maximum absolute atomic E-state index is 12.3. The zero-order valence-corrected chi connectivity index (χ0v) is 12.4. The van der Waals surface area contributed by atoms with Crippen LogP contribution in [0.4, 0.5) is 5.69 Å². The van der Waals surface area contributed by atoms with Crippen LogP contribution in [-0.2, 0) is 4.74 Å². The normalized spacial score (nSPS) is 24.8. The molecule has 0 aromatic heterocycles. The van der Waals surface area contributed by atoms with E-state index in [0.717, 1.165) is 0 Å². The van der Waals surface area contributed by atoms with Gasteiger partial charge in [0.15, 0.2) is 0 Å². The van der Waals surface area contributed by atoms with E-state index in [1.807, 2.05) is 6.92 Å². The first-order valence-electron chi connectivity index (χ1n) is 7.11. The van der Waals surface area contributed by atoms with Gasteiger partial charge in [-0.2, -0.15) is 0 Å². The highest BCUT2D eigenvalue weighted by atomic mass is 16.5. The van der Waals surface area contributed by atoms with Crippen LogP contribution in [0.2, 0.25) is 0 Å². The van der Waals surface area contributed by atoms with Gasteiger partial charge in [-0.05, 0) is 26.0 Å². The fourth-order valence-electron chi connectivity index (χ4n) is 2.39. The molecule has 1 amide bonds. The Labute approximate surface area is 124 Å². The third-order valence-electron chi connectivity index (χ3n) is 3.80. The number of carbonyl (C=O) groups is 1. The minimum Gasteiger partial charge on any atom is -0.493 e. The Morgan fingerprint density at radius 2 is 2.38 bits per heavy atom. The number of rotatable bonds is 5. The molecule has 1 aliphatic rings. The summed E-state index contributed by atoms with van der Waals surface area (Å²) >= 11 is 0. The van der Waals surface area contributed by atoms with Crippen LogP contribution in [0.3, 0.4) is 0 Å². The van der Waals surface area contributed by atoms with Gasteiger partial charge in [-0.15, -0.1) is 0 Å². The number of nitrogen functional groups attached to an aromatic ring is 1. The van der Waals surface area contributed by atoms with Gasteiger partial charge in [0.1, 0.15) is 16.9 Å². The van der Waals surface area contributed by atoms with Crippen molar-refractivity contribution >= 4 is 11.6 Å². The number of ether oxygens (including phenoxy) is 2. The summed E-state index contributed by atoms with van der Waals surface area (Å²) in [5, 5.41) is 13.1. The summed E-state index contributed by atoms with van der Waals surface area (Å²) in [6.07, 6.45) is 0.189. The highest BCUT2D eigenvalue weighted by Gasteiger charge is 2.39. The molecule has 6 heteroatoms. The van der Waals surface area contributed by atoms with Crippen LogP contribution in [0, 0.1) is 0 Å². The van der Waals surface area contributed by atoms with Crippen LogP contribution >= 0.6 is 0 Å². The molecule has 6 nitrogen and oxygen atoms in total. The van der Waals surface area contributed by atoms with Crippen LogP contribution in [0.1, 0.15) is 30.6 Å². The van der Waals surface area contributed by atoms with E-state index in [1.54, 1.807) is 25.1 Å². The van der Waals surface area contributed by atoms with Gasteiger partial charge in [0.05, 0.1) is 12.7 Å². The number of hydrogen-bond acceptors (Lipinski definition) is 5. The molecule has 0 radical (unpaired) electrons. The van der Waals surface area contributed by atoms with Gasteiger partial charge in [-0.3, -0.25) is 4.79 Å². The highest BCUT2D eigenvalue weighted by Crippen LogP contribution is 2.27. The molecular weight excluding hydrogens is 272 g/mol. The van der Waals surface area contributed by atoms with Crippen LogP contribution in [-0.4, -0.2) is 42.5 Å². The number of aliphatic hydroxyl groups is 1. The number of benzene rings is 1. The molecule has 0 spiro atoms. The lowest BCUT2D eigenvalue weighted by Crippen LogP contribution is -2.47. The van der Waals surface area contributed by atoms with Gasteiger partial charge < -0.3 is 25.6 Å². The fourth-order valence-corrected chi connectivity index (χ4v) is 2.39. The smallest absolute Gasteiger partial charge is 0.257 e. The minimum atomic E-state index is -1.04. The topological polar surface area (TPSA) is 93.8 Å².